The maximum absolute atomic E-state index is 5.86. The van der Waals surface area contributed by atoms with Crippen LogP contribution in [0.2, 0.25) is 0 Å². The molecule has 0 aliphatic rings. The highest BCUT2D eigenvalue weighted by Gasteiger charge is 2.09. The fraction of sp³-hybridized carbons (Fsp3) is 0.214. The number of nitrogens with zero attached hydrogens (tertiary/aromatic N) is 1. The molecule has 0 saturated carbocycles. The number of ether oxygens (including phenoxy) is 1. The Morgan fingerprint density at radius 2 is 1.70 bits per heavy atom. The molecule has 2 aromatic rings. The number of rotatable bonds is 5. The van der Waals surface area contributed by atoms with E-state index in [0.29, 0.717) is 13.2 Å². The van der Waals surface area contributed by atoms with Gasteiger partial charge in [-0.2, -0.15) is 0 Å². The second-order valence-electron chi connectivity index (χ2n) is 4.23. The molecule has 0 amide bonds. The van der Waals surface area contributed by atoms with Gasteiger partial charge < -0.3 is 10.5 Å². The summed E-state index contributed by atoms with van der Waals surface area (Å²) in [5.74, 6) is 0.783. The van der Waals surface area contributed by atoms with Crippen molar-refractivity contribution >= 4 is 47.8 Å². The Morgan fingerprint density at radius 1 is 1.00 bits per heavy atom. The van der Waals surface area contributed by atoms with Crippen LogP contribution in [0.3, 0.4) is 0 Å². The predicted octanol–water partition coefficient (Wildman–Crippen LogP) is 4.45. The van der Waals surface area contributed by atoms with Gasteiger partial charge in [0.25, 0.3) is 0 Å². The molecular formula is C14H13Br3N2O. The van der Waals surface area contributed by atoms with E-state index in [2.05, 4.69) is 52.8 Å². The van der Waals surface area contributed by atoms with E-state index in [1.165, 1.54) is 5.56 Å². The molecule has 6 heteroatoms. The summed E-state index contributed by atoms with van der Waals surface area (Å²) in [7, 11) is 0. The summed E-state index contributed by atoms with van der Waals surface area (Å²) in [5, 5.41) is 0. The summed E-state index contributed by atoms with van der Waals surface area (Å²) in [6.45, 7) is 1.09. The second kappa shape index (κ2) is 7.54. The molecule has 0 aliphatic carbocycles. The van der Waals surface area contributed by atoms with Crippen LogP contribution in [0.4, 0.5) is 0 Å². The summed E-state index contributed by atoms with van der Waals surface area (Å²) < 4.78 is 8.63. The third-order valence-corrected chi connectivity index (χ3v) is 4.25. The van der Waals surface area contributed by atoms with Crippen LogP contribution in [0.15, 0.2) is 44.0 Å². The minimum atomic E-state index is 0.458. The van der Waals surface area contributed by atoms with Crippen molar-refractivity contribution in [2.75, 3.05) is 6.54 Å². The summed E-state index contributed by atoms with van der Waals surface area (Å²) in [5.41, 5.74) is 7.75. The number of hydrogen-bond donors (Lipinski definition) is 1. The van der Waals surface area contributed by atoms with E-state index in [4.69, 9.17) is 10.5 Å². The molecule has 1 heterocycles. The van der Waals surface area contributed by atoms with Crippen molar-refractivity contribution in [2.45, 2.75) is 13.0 Å². The average molecular weight is 465 g/mol. The van der Waals surface area contributed by atoms with Crippen LogP contribution in [0.5, 0.6) is 5.75 Å². The monoisotopic (exact) mass is 462 g/mol. The van der Waals surface area contributed by atoms with Crippen molar-refractivity contribution in [3.8, 4) is 5.75 Å². The Balaban J connectivity index is 2.13. The lowest BCUT2D eigenvalue weighted by molar-refractivity contribution is 0.301. The second-order valence-corrected chi connectivity index (χ2v) is 6.85. The Bertz CT molecular complexity index is 582. The van der Waals surface area contributed by atoms with E-state index in [-0.39, 0.29) is 0 Å². The summed E-state index contributed by atoms with van der Waals surface area (Å²) >= 11 is 10.5. The number of halogens is 3. The van der Waals surface area contributed by atoms with Gasteiger partial charge in [-0.1, -0.05) is 0 Å². The van der Waals surface area contributed by atoms with Gasteiger partial charge in [0, 0.05) is 22.4 Å². The lowest BCUT2D eigenvalue weighted by atomic mass is 10.1. The molecule has 0 atom stereocenters. The zero-order valence-corrected chi connectivity index (χ0v) is 15.3. The van der Waals surface area contributed by atoms with Crippen molar-refractivity contribution < 1.29 is 4.74 Å². The molecular weight excluding hydrogens is 452 g/mol. The maximum atomic E-state index is 5.86. The topological polar surface area (TPSA) is 48.1 Å². The van der Waals surface area contributed by atoms with Gasteiger partial charge >= 0.3 is 0 Å². The molecule has 0 unspecified atom stereocenters. The van der Waals surface area contributed by atoms with Crippen molar-refractivity contribution in [3.63, 3.8) is 0 Å². The summed E-state index contributed by atoms with van der Waals surface area (Å²) in [4.78, 5) is 4.12. The first-order valence-corrected chi connectivity index (χ1v) is 8.38. The van der Waals surface area contributed by atoms with Crippen LogP contribution < -0.4 is 10.5 Å². The molecule has 2 N–H and O–H groups in total. The van der Waals surface area contributed by atoms with Crippen molar-refractivity contribution in [1.29, 1.82) is 0 Å². The van der Waals surface area contributed by atoms with Gasteiger partial charge in [-0.15, -0.1) is 0 Å². The Labute approximate surface area is 143 Å². The number of pyridine rings is 1. The SMILES string of the molecule is NCCc1cc(Br)c(OCc2cncc(Br)c2)c(Br)c1. The summed E-state index contributed by atoms with van der Waals surface area (Å²) in [6, 6.07) is 6.05. The zero-order chi connectivity index (χ0) is 14.5. The van der Waals surface area contributed by atoms with Crippen molar-refractivity contribution in [2.24, 2.45) is 5.73 Å². The van der Waals surface area contributed by atoms with Crippen LogP contribution in [-0.2, 0) is 13.0 Å². The maximum Gasteiger partial charge on any atom is 0.148 e. The van der Waals surface area contributed by atoms with Crippen LogP contribution in [0.1, 0.15) is 11.1 Å². The molecule has 0 saturated heterocycles. The largest absolute Gasteiger partial charge is 0.486 e. The molecule has 20 heavy (non-hydrogen) atoms. The minimum Gasteiger partial charge on any atom is -0.486 e. The van der Waals surface area contributed by atoms with Gasteiger partial charge in [0.1, 0.15) is 12.4 Å². The fourth-order valence-electron chi connectivity index (χ4n) is 1.75. The highest BCUT2D eigenvalue weighted by atomic mass is 79.9. The van der Waals surface area contributed by atoms with Crippen molar-refractivity contribution in [3.05, 3.63) is 55.1 Å². The van der Waals surface area contributed by atoms with Crippen LogP contribution >= 0.6 is 47.8 Å². The van der Waals surface area contributed by atoms with Gasteiger partial charge in [-0.05, 0) is 84.5 Å². The predicted molar refractivity (Wildman–Crippen MR) is 90.9 cm³/mol. The first-order valence-electron chi connectivity index (χ1n) is 6.00. The third kappa shape index (κ3) is 4.28. The Morgan fingerprint density at radius 3 is 2.30 bits per heavy atom. The first-order chi connectivity index (χ1) is 9.60. The van der Waals surface area contributed by atoms with Gasteiger partial charge in [-0.25, -0.2) is 0 Å². The van der Waals surface area contributed by atoms with Crippen molar-refractivity contribution in [1.82, 2.24) is 4.98 Å². The van der Waals surface area contributed by atoms with E-state index >= 15 is 0 Å². The molecule has 0 spiro atoms. The molecule has 1 aromatic carbocycles. The van der Waals surface area contributed by atoms with Crippen LogP contribution in [-0.4, -0.2) is 11.5 Å². The number of benzene rings is 1. The minimum absolute atomic E-state index is 0.458. The lowest BCUT2D eigenvalue weighted by Gasteiger charge is -2.12. The molecule has 3 nitrogen and oxygen atoms in total. The number of nitrogens with two attached hydrogens (primary N) is 1. The third-order valence-electron chi connectivity index (χ3n) is 2.64. The summed E-state index contributed by atoms with van der Waals surface area (Å²) in [6.07, 6.45) is 4.37. The highest BCUT2D eigenvalue weighted by molar-refractivity contribution is 9.11. The lowest BCUT2D eigenvalue weighted by Crippen LogP contribution is -2.03. The van der Waals surface area contributed by atoms with Gasteiger partial charge in [0.15, 0.2) is 0 Å². The average Bonchev–Trinajstić information content (AvgIpc) is 2.38. The molecule has 2 rings (SSSR count). The van der Waals surface area contributed by atoms with Gasteiger partial charge in [0.2, 0.25) is 0 Å². The smallest absolute Gasteiger partial charge is 0.148 e. The van der Waals surface area contributed by atoms with Gasteiger partial charge in [0.05, 0.1) is 8.95 Å². The fourth-order valence-corrected chi connectivity index (χ4v) is 3.67. The zero-order valence-electron chi connectivity index (χ0n) is 10.6. The highest BCUT2D eigenvalue weighted by Crippen LogP contribution is 2.35. The van der Waals surface area contributed by atoms with E-state index < -0.39 is 0 Å². The quantitative estimate of drug-likeness (QED) is 0.711. The normalized spacial score (nSPS) is 10.6. The molecule has 0 radical (unpaired) electrons. The van der Waals surface area contributed by atoms with Crippen LogP contribution in [0, 0.1) is 0 Å². The molecule has 0 aliphatic heterocycles. The van der Waals surface area contributed by atoms with E-state index in [9.17, 15) is 0 Å². The Kier molecular flexibility index (Phi) is 6.01. The number of hydrogen-bond acceptors (Lipinski definition) is 3. The molecule has 0 fully saturated rings. The first kappa shape index (κ1) is 15.9. The van der Waals surface area contributed by atoms with E-state index in [1.54, 1.807) is 12.4 Å². The van der Waals surface area contributed by atoms with Crippen LogP contribution in [0.25, 0.3) is 0 Å². The number of aromatic nitrogens is 1. The standard InChI is InChI=1S/C14H13Br3N2O/c15-11-3-10(6-19-7-11)8-20-14-12(16)4-9(1-2-18)5-13(14)17/h3-7H,1-2,8,18H2. The molecule has 1 aromatic heterocycles. The molecule has 0 bridgehead atoms. The Hall–Kier alpha value is -0.430. The van der Waals surface area contributed by atoms with E-state index in [1.807, 2.05) is 18.2 Å². The molecule has 106 valence electrons. The van der Waals surface area contributed by atoms with Gasteiger partial charge in [-0.3, -0.25) is 4.98 Å². The van der Waals surface area contributed by atoms with E-state index in [0.717, 1.165) is 31.2 Å².